The molecule has 0 aromatic rings. The van der Waals surface area contributed by atoms with Crippen LogP contribution in [0.1, 0.15) is 33.1 Å². The Kier molecular flexibility index (Phi) is 4.16. The van der Waals surface area contributed by atoms with E-state index in [1.54, 1.807) is 0 Å². The average Bonchev–Trinajstić information content (AvgIpc) is 2.52. The third-order valence-electron chi connectivity index (χ3n) is 2.54. The molecule has 1 saturated heterocycles. The summed E-state index contributed by atoms with van der Waals surface area (Å²) in [7, 11) is 0. The Labute approximate surface area is 80.0 Å². The van der Waals surface area contributed by atoms with Gasteiger partial charge in [0, 0.05) is 13.0 Å². The molecule has 1 aliphatic rings. The molecule has 13 heavy (non-hydrogen) atoms. The van der Waals surface area contributed by atoms with Crippen molar-refractivity contribution < 1.29 is 14.6 Å². The van der Waals surface area contributed by atoms with E-state index in [-0.39, 0.29) is 12.4 Å². The minimum absolute atomic E-state index is 0.276. The first kappa shape index (κ1) is 11.0. The van der Waals surface area contributed by atoms with Crippen LogP contribution in [0.15, 0.2) is 0 Å². The Morgan fingerprint density at radius 3 is 2.54 bits per heavy atom. The monoisotopic (exact) mass is 188 g/mol. The van der Waals surface area contributed by atoms with Crippen molar-refractivity contribution in [3.05, 3.63) is 0 Å². The third-order valence-corrected chi connectivity index (χ3v) is 2.54. The van der Waals surface area contributed by atoms with E-state index in [0.29, 0.717) is 19.1 Å². The fourth-order valence-electron chi connectivity index (χ4n) is 1.56. The Morgan fingerprint density at radius 1 is 1.38 bits per heavy atom. The van der Waals surface area contributed by atoms with Crippen LogP contribution in [0, 0.1) is 5.92 Å². The highest BCUT2D eigenvalue weighted by atomic mass is 16.7. The van der Waals surface area contributed by atoms with E-state index in [1.807, 2.05) is 6.92 Å². The summed E-state index contributed by atoms with van der Waals surface area (Å²) in [6.45, 7) is 5.75. The smallest absolute Gasteiger partial charge is 0.165 e. The molecule has 3 nitrogen and oxygen atoms in total. The van der Waals surface area contributed by atoms with E-state index in [0.717, 1.165) is 19.3 Å². The zero-order valence-corrected chi connectivity index (χ0v) is 8.58. The summed E-state index contributed by atoms with van der Waals surface area (Å²) in [6.07, 6.45) is 3.02. The van der Waals surface area contributed by atoms with E-state index in [4.69, 9.17) is 14.6 Å². The molecule has 1 rings (SSSR count). The van der Waals surface area contributed by atoms with Crippen LogP contribution in [0.2, 0.25) is 0 Å². The molecule has 0 bridgehead atoms. The van der Waals surface area contributed by atoms with Gasteiger partial charge in [-0.3, -0.25) is 0 Å². The van der Waals surface area contributed by atoms with Gasteiger partial charge in [-0.1, -0.05) is 6.92 Å². The number of aliphatic hydroxyl groups is 1. The summed E-state index contributed by atoms with van der Waals surface area (Å²) >= 11 is 0. The molecular weight excluding hydrogens is 168 g/mol. The highest BCUT2D eigenvalue weighted by molar-refractivity contribution is 4.68. The van der Waals surface area contributed by atoms with Crippen molar-refractivity contribution in [2.45, 2.75) is 38.9 Å². The van der Waals surface area contributed by atoms with Crippen LogP contribution in [-0.4, -0.2) is 30.7 Å². The number of aliphatic hydroxyl groups excluding tert-OH is 1. The zero-order valence-electron chi connectivity index (χ0n) is 8.58. The first-order chi connectivity index (χ1) is 6.16. The Bertz CT molecular complexity index is 141. The van der Waals surface area contributed by atoms with Crippen molar-refractivity contribution in [2.75, 3.05) is 19.8 Å². The highest BCUT2D eigenvalue weighted by Crippen LogP contribution is 2.25. The SMILES string of the molecule is C[C@H](CO)CCCC1(C)OCCO1. The molecule has 78 valence electrons. The van der Waals surface area contributed by atoms with Gasteiger partial charge in [-0.05, 0) is 25.7 Å². The summed E-state index contributed by atoms with van der Waals surface area (Å²) in [5, 5.41) is 8.83. The van der Waals surface area contributed by atoms with Crippen LogP contribution in [0.4, 0.5) is 0 Å². The Balaban J connectivity index is 2.11. The molecule has 0 saturated carbocycles. The maximum absolute atomic E-state index is 8.83. The van der Waals surface area contributed by atoms with Gasteiger partial charge in [0.25, 0.3) is 0 Å². The number of hydrogen-bond donors (Lipinski definition) is 1. The summed E-state index contributed by atoms with van der Waals surface area (Å²) in [5.74, 6) is 0.0415. The number of rotatable bonds is 5. The lowest BCUT2D eigenvalue weighted by molar-refractivity contribution is -0.147. The van der Waals surface area contributed by atoms with Crippen LogP contribution < -0.4 is 0 Å². The summed E-state index contributed by atoms with van der Waals surface area (Å²) in [5.41, 5.74) is 0. The van der Waals surface area contributed by atoms with Gasteiger partial charge in [0.15, 0.2) is 5.79 Å². The van der Waals surface area contributed by atoms with Gasteiger partial charge in [0.2, 0.25) is 0 Å². The predicted molar refractivity (Wildman–Crippen MR) is 50.4 cm³/mol. The first-order valence-electron chi connectivity index (χ1n) is 5.05. The van der Waals surface area contributed by atoms with Crippen molar-refractivity contribution in [3.8, 4) is 0 Å². The quantitative estimate of drug-likeness (QED) is 0.711. The van der Waals surface area contributed by atoms with Gasteiger partial charge in [-0.15, -0.1) is 0 Å². The molecule has 3 heteroatoms. The van der Waals surface area contributed by atoms with Crippen molar-refractivity contribution in [3.63, 3.8) is 0 Å². The van der Waals surface area contributed by atoms with Gasteiger partial charge < -0.3 is 14.6 Å². The predicted octanol–water partition coefficient (Wildman–Crippen LogP) is 1.55. The number of ether oxygens (including phenoxy) is 2. The normalized spacial score (nSPS) is 23.3. The van der Waals surface area contributed by atoms with E-state index in [1.165, 1.54) is 0 Å². The van der Waals surface area contributed by atoms with E-state index in [9.17, 15) is 0 Å². The van der Waals surface area contributed by atoms with Crippen LogP contribution in [0.25, 0.3) is 0 Å². The maximum atomic E-state index is 8.83. The van der Waals surface area contributed by atoms with Gasteiger partial charge in [0.1, 0.15) is 0 Å². The molecule has 1 heterocycles. The molecule has 0 radical (unpaired) electrons. The molecular formula is C10H20O3. The van der Waals surface area contributed by atoms with Crippen LogP contribution >= 0.6 is 0 Å². The van der Waals surface area contributed by atoms with E-state index >= 15 is 0 Å². The van der Waals surface area contributed by atoms with E-state index < -0.39 is 0 Å². The second-order valence-corrected chi connectivity index (χ2v) is 4.01. The minimum Gasteiger partial charge on any atom is -0.396 e. The molecule has 1 fully saturated rings. The molecule has 1 N–H and O–H groups in total. The van der Waals surface area contributed by atoms with Crippen molar-refractivity contribution in [2.24, 2.45) is 5.92 Å². The van der Waals surface area contributed by atoms with Gasteiger partial charge in [-0.25, -0.2) is 0 Å². The standard InChI is InChI=1S/C10H20O3/c1-9(8-11)4-3-5-10(2)12-6-7-13-10/h9,11H,3-8H2,1-2H3/t9-/m0/s1. The Morgan fingerprint density at radius 2 is 2.00 bits per heavy atom. The fourth-order valence-corrected chi connectivity index (χ4v) is 1.56. The third kappa shape index (κ3) is 3.63. The van der Waals surface area contributed by atoms with Gasteiger partial charge >= 0.3 is 0 Å². The molecule has 0 spiro atoms. The maximum Gasteiger partial charge on any atom is 0.165 e. The van der Waals surface area contributed by atoms with Crippen LogP contribution in [0.5, 0.6) is 0 Å². The van der Waals surface area contributed by atoms with Crippen molar-refractivity contribution in [1.82, 2.24) is 0 Å². The van der Waals surface area contributed by atoms with E-state index in [2.05, 4.69) is 6.92 Å². The highest BCUT2D eigenvalue weighted by Gasteiger charge is 2.29. The summed E-state index contributed by atoms with van der Waals surface area (Å²) < 4.78 is 10.9. The van der Waals surface area contributed by atoms with Gasteiger partial charge in [0.05, 0.1) is 13.2 Å². The molecule has 0 amide bonds. The fraction of sp³-hybridized carbons (Fsp3) is 1.00. The molecule has 0 aliphatic carbocycles. The van der Waals surface area contributed by atoms with Crippen LogP contribution in [-0.2, 0) is 9.47 Å². The largest absolute Gasteiger partial charge is 0.396 e. The number of hydrogen-bond acceptors (Lipinski definition) is 3. The topological polar surface area (TPSA) is 38.7 Å². The molecule has 0 unspecified atom stereocenters. The lowest BCUT2D eigenvalue weighted by atomic mass is 10.0. The lowest BCUT2D eigenvalue weighted by Gasteiger charge is -2.22. The zero-order chi connectivity index (χ0) is 9.73. The molecule has 0 aromatic carbocycles. The average molecular weight is 188 g/mol. The molecule has 1 aliphatic heterocycles. The molecule has 0 aromatic heterocycles. The molecule has 1 atom stereocenters. The van der Waals surface area contributed by atoms with Gasteiger partial charge in [-0.2, -0.15) is 0 Å². The Hall–Kier alpha value is -0.120. The lowest BCUT2D eigenvalue weighted by Crippen LogP contribution is -2.25. The second-order valence-electron chi connectivity index (χ2n) is 4.01. The van der Waals surface area contributed by atoms with Crippen molar-refractivity contribution in [1.29, 1.82) is 0 Å². The summed E-state index contributed by atoms with van der Waals surface area (Å²) in [4.78, 5) is 0. The first-order valence-corrected chi connectivity index (χ1v) is 5.05. The van der Waals surface area contributed by atoms with Crippen LogP contribution in [0.3, 0.4) is 0 Å². The minimum atomic E-state index is -0.352. The second kappa shape index (κ2) is 4.94. The van der Waals surface area contributed by atoms with Crippen molar-refractivity contribution >= 4 is 0 Å². The summed E-state index contributed by atoms with van der Waals surface area (Å²) in [6, 6.07) is 0.